The number of nitrogens with two attached hydrogens (primary N) is 1. The summed E-state index contributed by atoms with van der Waals surface area (Å²) in [7, 11) is 0. The lowest BCUT2D eigenvalue weighted by Gasteiger charge is -2.27. The van der Waals surface area contributed by atoms with E-state index in [2.05, 4.69) is 10.2 Å². The molecule has 1 saturated heterocycles. The first kappa shape index (κ1) is 11.7. The van der Waals surface area contributed by atoms with Crippen LogP contribution in [0.1, 0.15) is 11.1 Å². The van der Waals surface area contributed by atoms with Crippen molar-refractivity contribution in [3.63, 3.8) is 0 Å². The van der Waals surface area contributed by atoms with Crippen LogP contribution >= 0.6 is 11.6 Å². The lowest BCUT2D eigenvalue weighted by molar-refractivity contribution is 0.233. The predicted octanol–water partition coefficient (Wildman–Crippen LogP) is 1.64. The largest absolute Gasteiger partial charge is 0.398 e. The molecule has 1 aromatic carbocycles. The summed E-state index contributed by atoms with van der Waals surface area (Å²) in [6.07, 6.45) is 0. The second-order valence-electron chi connectivity index (χ2n) is 4.32. The fourth-order valence-corrected chi connectivity index (χ4v) is 2.36. The zero-order chi connectivity index (χ0) is 11.5. The summed E-state index contributed by atoms with van der Waals surface area (Å²) in [4.78, 5) is 2.40. The molecule has 1 aliphatic rings. The average Bonchev–Trinajstić information content (AvgIpc) is 2.27. The lowest BCUT2D eigenvalue weighted by atomic mass is 10.1. The van der Waals surface area contributed by atoms with Crippen LogP contribution in [-0.4, -0.2) is 31.1 Å². The Kier molecular flexibility index (Phi) is 3.69. The number of anilines is 1. The fourth-order valence-electron chi connectivity index (χ4n) is 2.06. The van der Waals surface area contributed by atoms with Crippen LogP contribution in [0.3, 0.4) is 0 Å². The van der Waals surface area contributed by atoms with Crippen LogP contribution in [0.2, 0.25) is 5.02 Å². The van der Waals surface area contributed by atoms with Gasteiger partial charge in [-0.2, -0.15) is 0 Å². The van der Waals surface area contributed by atoms with Crippen molar-refractivity contribution in [1.29, 1.82) is 0 Å². The van der Waals surface area contributed by atoms with E-state index < -0.39 is 0 Å². The molecule has 1 fully saturated rings. The third-order valence-electron chi connectivity index (χ3n) is 3.04. The van der Waals surface area contributed by atoms with Crippen molar-refractivity contribution in [1.82, 2.24) is 10.2 Å². The fraction of sp³-hybridized carbons (Fsp3) is 0.500. The first-order valence-corrected chi connectivity index (χ1v) is 6.02. The molecule has 0 bridgehead atoms. The van der Waals surface area contributed by atoms with Gasteiger partial charge in [0.05, 0.1) is 0 Å². The van der Waals surface area contributed by atoms with E-state index in [4.69, 9.17) is 17.3 Å². The highest BCUT2D eigenvalue weighted by Gasteiger charge is 2.12. The number of hydrogen-bond acceptors (Lipinski definition) is 3. The van der Waals surface area contributed by atoms with Crippen molar-refractivity contribution >= 4 is 17.3 Å². The van der Waals surface area contributed by atoms with E-state index in [1.165, 1.54) is 0 Å². The minimum absolute atomic E-state index is 0.775. The molecular formula is C12H18ClN3. The van der Waals surface area contributed by atoms with Crippen molar-refractivity contribution in [3.8, 4) is 0 Å². The minimum atomic E-state index is 0.775. The molecule has 0 aliphatic carbocycles. The smallest absolute Gasteiger partial charge is 0.0413 e. The van der Waals surface area contributed by atoms with Crippen molar-refractivity contribution < 1.29 is 0 Å². The summed E-state index contributed by atoms with van der Waals surface area (Å²) < 4.78 is 0. The molecule has 88 valence electrons. The molecule has 3 N–H and O–H groups in total. The normalized spacial score (nSPS) is 17.6. The molecule has 2 rings (SSSR count). The SMILES string of the molecule is Cc1cc(Cl)cc(CN2CCNCC2)c1N. The van der Waals surface area contributed by atoms with Gasteiger partial charge >= 0.3 is 0 Å². The van der Waals surface area contributed by atoms with Gasteiger partial charge in [0, 0.05) is 43.4 Å². The van der Waals surface area contributed by atoms with Gasteiger partial charge in [-0.3, -0.25) is 4.90 Å². The van der Waals surface area contributed by atoms with Gasteiger partial charge in [0.2, 0.25) is 0 Å². The van der Waals surface area contributed by atoms with E-state index in [9.17, 15) is 0 Å². The molecule has 0 atom stereocenters. The van der Waals surface area contributed by atoms with Gasteiger partial charge in [0.15, 0.2) is 0 Å². The number of rotatable bonds is 2. The zero-order valence-corrected chi connectivity index (χ0v) is 10.3. The molecule has 0 unspecified atom stereocenters. The standard InChI is InChI=1S/C12H18ClN3/c1-9-6-11(13)7-10(12(9)14)8-16-4-2-15-3-5-16/h6-7,15H,2-5,8,14H2,1H3. The first-order valence-electron chi connectivity index (χ1n) is 5.64. The Morgan fingerprint density at radius 3 is 2.75 bits per heavy atom. The summed E-state index contributed by atoms with van der Waals surface area (Å²) in [6.45, 7) is 7.16. The predicted molar refractivity (Wildman–Crippen MR) is 68.7 cm³/mol. The van der Waals surface area contributed by atoms with Crippen molar-refractivity contribution in [3.05, 3.63) is 28.3 Å². The molecule has 0 radical (unpaired) electrons. The summed E-state index contributed by atoms with van der Waals surface area (Å²) >= 11 is 6.05. The second-order valence-corrected chi connectivity index (χ2v) is 4.76. The van der Waals surface area contributed by atoms with E-state index in [0.29, 0.717) is 0 Å². The van der Waals surface area contributed by atoms with Gasteiger partial charge in [0.25, 0.3) is 0 Å². The third kappa shape index (κ3) is 2.67. The molecule has 4 heteroatoms. The van der Waals surface area contributed by atoms with E-state index in [0.717, 1.165) is 54.6 Å². The van der Waals surface area contributed by atoms with Crippen LogP contribution in [0, 0.1) is 6.92 Å². The van der Waals surface area contributed by atoms with Gasteiger partial charge in [0.1, 0.15) is 0 Å². The number of piperazine rings is 1. The van der Waals surface area contributed by atoms with Crippen molar-refractivity contribution in [2.24, 2.45) is 0 Å². The van der Waals surface area contributed by atoms with E-state index in [-0.39, 0.29) is 0 Å². The van der Waals surface area contributed by atoms with Crippen molar-refractivity contribution in [2.45, 2.75) is 13.5 Å². The highest BCUT2D eigenvalue weighted by atomic mass is 35.5. The molecule has 1 aromatic rings. The van der Waals surface area contributed by atoms with Crippen LogP contribution in [0.4, 0.5) is 5.69 Å². The molecule has 3 nitrogen and oxygen atoms in total. The topological polar surface area (TPSA) is 41.3 Å². The number of aryl methyl sites for hydroxylation is 1. The number of halogens is 1. The zero-order valence-electron chi connectivity index (χ0n) is 9.59. The highest BCUT2D eigenvalue weighted by molar-refractivity contribution is 6.30. The van der Waals surface area contributed by atoms with Gasteiger partial charge in [-0.15, -0.1) is 0 Å². The number of benzene rings is 1. The maximum absolute atomic E-state index is 6.07. The Labute approximate surface area is 102 Å². The quantitative estimate of drug-likeness (QED) is 0.771. The Morgan fingerprint density at radius 2 is 2.06 bits per heavy atom. The molecule has 0 aromatic heterocycles. The van der Waals surface area contributed by atoms with Crippen LogP contribution < -0.4 is 11.1 Å². The van der Waals surface area contributed by atoms with Gasteiger partial charge in [-0.25, -0.2) is 0 Å². The van der Waals surface area contributed by atoms with Crippen molar-refractivity contribution in [2.75, 3.05) is 31.9 Å². The summed E-state index contributed by atoms with van der Waals surface area (Å²) in [5.41, 5.74) is 9.16. The highest BCUT2D eigenvalue weighted by Crippen LogP contribution is 2.24. The van der Waals surface area contributed by atoms with Gasteiger partial charge < -0.3 is 11.1 Å². The molecular weight excluding hydrogens is 222 g/mol. The molecule has 1 aliphatic heterocycles. The monoisotopic (exact) mass is 239 g/mol. The Bertz CT molecular complexity index is 373. The summed E-state index contributed by atoms with van der Waals surface area (Å²) in [5, 5.41) is 4.11. The number of nitrogen functional groups attached to an aromatic ring is 1. The minimum Gasteiger partial charge on any atom is -0.398 e. The van der Waals surface area contributed by atoms with Gasteiger partial charge in [-0.1, -0.05) is 11.6 Å². The maximum Gasteiger partial charge on any atom is 0.0413 e. The van der Waals surface area contributed by atoms with E-state index >= 15 is 0 Å². The summed E-state index contributed by atoms with van der Waals surface area (Å²) in [6, 6.07) is 3.89. The van der Waals surface area contributed by atoms with E-state index in [1.807, 2.05) is 19.1 Å². The molecule has 0 spiro atoms. The van der Waals surface area contributed by atoms with Crippen LogP contribution in [0.25, 0.3) is 0 Å². The van der Waals surface area contributed by atoms with Crippen LogP contribution in [-0.2, 0) is 6.54 Å². The Hall–Kier alpha value is -0.770. The Balaban J connectivity index is 2.13. The summed E-state index contributed by atoms with van der Waals surface area (Å²) in [5.74, 6) is 0. The average molecular weight is 240 g/mol. The van der Waals surface area contributed by atoms with Crippen LogP contribution in [0.5, 0.6) is 0 Å². The molecule has 0 amide bonds. The lowest BCUT2D eigenvalue weighted by Crippen LogP contribution is -2.43. The third-order valence-corrected chi connectivity index (χ3v) is 3.26. The van der Waals surface area contributed by atoms with E-state index in [1.54, 1.807) is 0 Å². The first-order chi connectivity index (χ1) is 7.66. The number of hydrogen-bond donors (Lipinski definition) is 2. The Morgan fingerprint density at radius 1 is 1.38 bits per heavy atom. The maximum atomic E-state index is 6.07. The number of nitrogens with one attached hydrogen (secondary N) is 1. The van der Waals surface area contributed by atoms with Crippen LogP contribution in [0.15, 0.2) is 12.1 Å². The molecule has 1 heterocycles. The van der Waals surface area contributed by atoms with Gasteiger partial charge in [-0.05, 0) is 30.2 Å². The molecule has 0 saturated carbocycles. The molecule has 16 heavy (non-hydrogen) atoms. The number of nitrogens with zero attached hydrogens (tertiary/aromatic N) is 1. The second kappa shape index (κ2) is 5.04.